The monoisotopic (exact) mass is 272 g/mol. The van der Waals surface area contributed by atoms with Crippen LogP contribution in [0.2, 0.25) is 0 Å². The molecule has 0 bridgehead atoms. The Balaban J connectivity index is 3.32. The van der Waals surface area contributed by atoms with E-state index in [-0.39, 0.29) is 0 Å². The standard InChI is InChI=1S/C17H36O2/c1-3-5-7-9-10-11-12-14-16-17(18,19)15-13-8-6-4-2/h18-19H,3-16H2,1-2H3. The summed E-state index contributed by atoms with van der Waals surface area (Å²) >= 11 is 0. The van der Waals surface area contributed by atoms with Gasteiger partial charge in [-0.1, -0.05) is 78.1 Å². The minimum atomic E-state index is -1.41. The fourth-order valence-electron chi connectivity index (χ4n) is 2.50. The van der Waals surface area contributed by atoms with Gasteiger partial charge in [0.25, 0.3) is 0 Å². The molecule has 0 radical (unpaired) electrons. The van der Waals surface area contributed by atoms with Gasteiger partial charge in [-0.2, -0.15) is 0 Å². The summed E-state index contributed by atoms with van der Waals surface area (Å²) in [6.07, 6.45) is 15.6. The molecule has 0 amide bonds. The minimum absolute atomic E-state index is 0.545. The lowest BCUT2D eigenvalue weighted by molar-refractivity contribution is -0.172. The third kappa shape index (κ3) is 14.1. The Labute approximate surface area is 120 Å². The zero-order valence-electron chi connectivity index (χ0n) is 13.3. The van der Waals surface area contributed by atoms with Crippen LogP contribution in [0.15, 0.2) is 0 Å². The normalized spacial score (nSPS) is 12.0. The predicted molar refractivity (Wildman–Crippen MR) is 83.2 cm³/mol. The van der Waals surface area contributed by atoms with E-state index in [1.807, 2.05) is 0 Å². The molecule has 116 valence electrons. The summed E-state index contributed by atoms with van der Waals surface area (Å²) in [5, 5.41) is 19.7. The molecule has 2 N–H and O–H groups in total. The van der Waals surface area contributed by atoms with Crippen LogP contribution in [0.1, 0.15) is 104 Å². The zero-order valence-corrected chi connectivity index (χ0v) is 13.3. The number of hydrogen-bond acceptors (Lipinski definition) is 2. The van der Waals surface area contributed by atoms with Crippen LogP contribution in [0.25, 0.3) is 0 Å². The molecule has 0 aromatic rings. The van der Waals surface area contributed by atoms with Crippen LogP contribution in [-0.4, -0.2) is 16.0 Å². The van der Waals surface area contributed by atoms with Crippen LogP contribution < -0.4 is 0 Å². The summed E-state index contributed by atoms with van der Waals surface area (Å²) < 4.78 is 0. The molecule has 0 fully saturated rings. The predicted octanol–water partition coefficient (Wildman–Crippen LogP) is 5.17. The van der Waals surface area contributed by atoms with Gasteiger partial charge in [0.1, 0.15) is 0 Å². The molecule has 0 rings (SSSR count). The quantitative estimate of drug-likeness (QED) is 0.338. The van der Waals surface area contributed by atoms with Gasteiger partial charge in [-0.25, -0.2) is 0 Å². The lowest BCUT2D eigenvalue weighted by Crippen LogP contribution is -2.27. The average molecular weight is 272 g/mol. The molecular formula is C17H36O2. The van der Waals surface area contributed by atoms with Crippen LogP contribution in [0, 0.1) is 0 Å². The fourth-order valence-corrected chi connectivity index (χ4v) is 2.50. The smallest absolute Gasteiger partial charge is 0.162 e. The summed E-state index contributed by atoms with van der Waals surface area (Å²) in [4.78, 5) is 0. The molecule has 0 saturated heterocycles. The van der Waals surface area contributed by atoms with Gasteiger partial charge in [-0.3, -0.25) is 0 Å². The molecule has 0 aromatic heterocycles. The van der Waals surface area contributed by atoms with E-state index in [4.69, 9.17) is 0 Å². The first-order chi connectivity index (χ1) is 9.12. The topological polar surface area (TPSA) is 40.5 Å². The summed E-state index contributed by atoms with van der Waals surface area (Å²) in [6.45, 7) is 4.41. The molecule has 2 nitrogen and oxygen atoms in total. The third-order valence-electron chi connectivity index (χ3n) is 3.86. The average Bonchev–Trinajstić information content (AvgIpc) is 2.38. The fraction of sp³-hybridized carbons (Fsp3) is 1.00. The van der Waals surface area contributed by atoms with E-state index in [0.29, 0.717) is 12.8 Å². The highest BCUT2D eigenvalue weighted by Gasteiger charge is 2.21. The zero-order chi connectivity index (χ0) is 14.4. The van der Waals surface area contributed by atoms with Crippen molar-refractivity contribution in [2.24, 2.45) is 0 Å². The number of hydrogen-bond donors (Lipinski definition) is 2. The molecule has 0 atom stereocenters. The van der Waals surface area contributed by atoms with E-state index in [0.717, 1.165) is 25.7 Å². The first kappa shape index (κ1) is 18.9. The van der Waals surface area contributed by atoms with Crippen molar-refractivity contribution in [2.75, 3.05) is 0 Å². The second kappa shape index (κ2) is 12.9. The van der Waals surface area contributed by atoms with Gasteiger partial charge in [0.15, 0.2) is 5.79 Å². The highest BCUT2D eigenvalue weighted by molar-refractivity contribution is 4.65. The Hall–Kier alpha value is -0.0800. The largest absolute Gasteiger partial charge is 0.366 e. The lowest BCUT2D eigenvalue weighted by atomic mass is 9.99. The van der Waals surface area contributed by atoms with Gasteiger partial charge in [0.2, 0.25) is 0 Å². The Morgan fingerprint density at radius 3 is 1.26 bits per heavy atom. The van der Waals surface area contributed by atoms with Gasteiger partial charge >= 0.3 is 0 Å². The molecule has 0 saturated carbocycles. The van der Waals surface area contributed by atoms with Crippen molar-refractivity contribution >= 4 is 0 Å². The van der Waals surface area contributed by atoms with Crippen LogP contribution in [0.4, 0.5) is 0 Å². The maximum Gasteiger partial charge on any atom is 0.162 e. The van der Waals surface area contributed by atoms with E-state index in [1.165, 1.54) is 51.4 Å². The first-order valence-electron chi connectivity index (χ1n) is 8.57. The third-order valence-corrected chi connectivity index (χ3v) is 3.86. The van der Waals surface area contributed by atoms with E-state index in [1.54, 1.807) is 0 Å². The van der Waals surface area contributed by atoms with Crippen molar-refractivity contribution in [3.8, 4) is 0 Å². The second-order valence-corrected chi connectivity index (χ2v) is 6.02. The summed E-state index contributed by atoms with van der Waals surface area (Å²) in [5.41, 5.74) is 0. The van der Waals surface area contributed by atoms with Crippen molar-refractivity contribution in [3.63, 3.8) is 0 Å². The first-order valence-corrected chi connectivity index (χ1v) is 8.57. The van der Waals surface area contributed by atoms with Gasteiger partial charge in [0, 0.05) is 12.8 Å². The lowest BCUT2D eigenvalue weighted by Gasteiger charge is -2.21. The summed E-state index contributed by atoms with van der Waals surface area (Å²) in [5.74, 6) is -1.41. The Morgan fingerprint density at radius 2 is 0.842 bits per heavy atom. The number of unbranched alkanes of at least 4 members (excludes halogenated alkanes) is 10. The van der Waals surface area contributed by atoms with Crippen molar-refractivity contribution < 1.29 is 10.2 Å². The molecular weight excluding hydrogens is 236 g/mol. The molecule has 0 aromatic carbocycles. The molecule has 0 spiro atoms. The highest BCUT2D eigenvalue weighted by Crippen LogP contribution is 2.20. The molecule has 0 aliphatic rings. The van der Waals surface area contributed by atoms with Gasteiger partial charge < -0.3 is 10.2 Å². The van der Waals surface area contributed by atoms with Gasteiger partial charge in [-0.05, 0) is 12.8 Å². The Bertz CT molecular complexity index is 178. The van der Waals surface area contributed by atoms with Crippen LogP contribution in [0.5, 0.6) is 0 Å². The van der Waals surface area contributed by atoms with Gasteiger partial charge in [-0.15, -0.1) is 0 Å². The Morgan fingerprint density at radius 1 is 0.526 bits per heavy atom. The van der Waals surface area contributed by atoms with E-state index >= 15 is 0 Å². The molecule has 19 heavy (non-hydrogen) atoms. The van der Waals surface area contributed by atoms with Crippen molar-refractivity contribution in [2.45, 2.75) is 110 Å². The number of rotatable bonds is 14. The second-order valence-electron chi connectivity index (χ2n) is 6.02. The number of aliphatic hydroxyl groups is 2. The summed E-state index contributed by atoms with van der Waals surface area (Å²) in [7, 11) is 0. The van der Waals surface area contributed by atoms with E-state index < -0.39 is 5.79 Å². The minimum Gasteiger partial charge on any atom is -0.366 e. The SMILES string of the molecule is CCCCCCCCCCC(O)(O)CCCCCC. The highest BCUT2D eigenvalue weighted by atomic mass is 16.5. The van der Waals surface area contributed by atoms with Crippen LogP contribution in [-0.2, 0) is 0 Å². The van der Waals surface area contributed by atoms with Gasteiger partial charge in [0.05, 0.1) is 0 Å². The van der Waals surface area contributed by atoms with Crippen LogP contribution >= 0.6 is 0 Å². The van der Waals surface area contributed by atoms with Crippen LogP contribution in [0.3, 0.4) is 0 Å². The maximum atomic E-state index is 9.84. The summed E-state index contributed by atoms with van der Waals surface area (Å²) in [6, 6.07) is 0. The molecule has 0 heterocycles. The Kier molecular flexibility index (Phi) is 12.9. The van der Waals surface area contributed by atoms with E-state index in [2.05, 4.69) is 13.8 Å². The molecule has 2 heteroatoms. The van der Waals surface area contributed by atoms with Crippen molar-refractivity contribution in [3.05, 3.63) is 0 Å². The molecule has 0 unspecified atom stereocenters. The maximum absolute atomic E-state index is 9.84. The molecule has 0 aliphatic heterocycles. The van der Waals surface area contributed by atoms with E-state index in [9.17, 15) is 10.2 Å². The molecule has 0 aliphatic carbocycles. The van der Waals surface area contributed by atoms with Crippen molar-refractivity contribution in [1.82, 2.24) is 0 Å². The van der Waals surface area contributed by atoms with Crippen molar-refractivity contribution in [1.29, 1.82) is 0 Å².